The molecule has 1 N–H and O–H groups in total. The van der Waals surface area contributed by atoms with Crippen molar-refractivity contribution < 1.29 is 0 Å². The third-order valence-electron chi connectivity index (χ3n) is 3.36. The summed E-state index contributed by atoms with van der Waals surface area (Å²) in [5.41, 5.74) is 3.38. The van der Waals surface area contributed by atoms with Crippen molar-refractivity contribution in [3.05, 3.63) is 66.0 Å². The summed E-state index contributed by atoms with van der Waals surface area (Å²) in [6, 6.07) is 18.5. The number of thioether (sulfide) groups is 2. The highest BCUT2D eigenvalue weighted by Crippen LogP contribution is 2.32. The van der Waals surface area contributed by atoms with Crippen LogP contribution in [-0.4, -0.2) is 20.2 Å². The molecule has 2 heterocycles. The Labute approximate surface area is 152 Å². The minimum atomic E-state index is 0.771. The van der Waals surface area contributed by atoms with Crippen LogP contribution in [0.4, 0.5) is 0 Å². The van der Waals surface area contributed by atoms with E-state index in [-0.39, 0.29) is 0 Å². The molecule has 4 nitrogen and oxygen atoms in total. The Morgan fingerprint density at radius 1 is 0.833 bits per heavy atom. The lowest BCUT2D eigenvalue weighted by Gasteiger charge is -1.96. The number of nitrogens with zero attached hydrogens (tertiary/aromatic N) is 3. The van der Waals surface area contributed by atoms with E-state index in [1.165, 1.54) is 5.56 Å². The second kappa shape index (κ2) is 7.38. The van der Waals surface area contributed by atoms with Crippen LogP contribution in [0.2, 0.25) is 0 Å². The molecule has 2 aromatic carbocycles. The van der Waals surface area contributed by atoms with Gasteiger partial charge in [-0.05, 0) is 17.7 Å². The zero-order valence-electron chi connectivity index (χ0n) is 12.7. The summed E-state index contributed by atoms with van der Waals surface area (Å²) in [7, 11) is 0. The van der Waals surface area contributed by atoms with E-state index in [9.17, 15) is 0 Å². The SMILES string of the molecule is c1ccc(CSc2nnc(SCc3nc4ccccc4[nH]3)s2)cc1. The molecule has 0 radical (unpaired) electrons. The largest absolute Gasteiger partial charge is 0.341 e. The van der Waals surface area contributed by atoms with Crippen LogP contribution >= 0.6 is 34.9 Å². The average Bonchev–Trinajstić information content (AvgIpc) is 3.25. The van der Waals surface area contributed by atoms with Gasteiger partial charge in [-0.25, -0.2) is 4.98 Å². The number of benzene rings is 2. The van der Waals surface area contributed by atoms with E-state index in [4.69, 9.17) is 0 Å². The van der Waals surface area contributed by atoms with Crippen LogP contribution in [0.25, 0.3) is 11.0 Å². The molecule has 0 atom stereocenters. The fourth-order valence-corrected chi connectivity index (χ4v) is 5.08. The minimum absolute atomic E-state index is 0.771. The van der Waals surface area contributed by atoms with Crippen molar-refractivity contribution >= 4 is 45.9 Å². The van der Waals surface area contributed by atoms with E-state index in [2.05, 4.69) is 44.4 Å². The van der Waals surface area contributed by atoms with Crippen LogP contribution in [0, 0.1) is 0 Å². The number of aromatic amines is 1. The molecule has 0 aliphatic heterocycles. The third kappa shape index (κ3) is 3.80. The van der Waals surface area contributed by atoms with Crippen LogP contribution in [0.15, 0.2) is 63.3 Å². The molecule has 120 valence electrons. The maximum atomic E-state index is 4.59. The standard InChI is InChI=1S/C17H14N4S3/c1-2-6-12(7-3-1)10-22-16-20-21-17(24-16)23-11-15-18-13-8-4-5-9-14(13)19-15/h1-9H,10-11H2,(H,18,19). The lowest BCUT2D eigenvalue weighted by Crippen LogP contribution is -1.82. The topological polar surface area (TPSA) is 54.5 Å². The van der Waals surface area contributed by atoms with E-state index in [0.29, 0.717) is 0 Å². The first-order valence-corrected chi connectivity index (χ1v) is 10.2. The van der Waals surface area contributed by atoms with E-state index >= 15 is 0 Å². The van der Waals surface area contributed by atoms with Gasteiger partial charge in [-0.15, -0.1) is 10.2 Å². The predicted molar refractivity (Wildman–Crippen MR) is 102 cm³/mol. The van der Waals surface area contributed by atoms with Gasteiger partial charge in [-0.3, -0.25) is 0 Å². The summed E-state index contributed by atoms with van der Waals surface area (Å²) in [5, 5.41) is 8.53. The molecule has 0 bridgehead atoms. The Morgan fingerprint density at radius 2 is 1.54 bits per heavy atom. The van der Waals surface area contributed by atoms with Gasteiger partial charge in [-0.1, -0.05) is 77.3 Å². The second-order valence-corrected chi connectivity index (χ2v) is 8.52. The van der Waals surface area contributed by atoms with Crippen LogP contribution in [-0.2, 0) is 11.5 Å². The monoisotopic (exact) mass is 370 g/mol. The molecule has 0 amide bonds. The molecule has 4 aromatic rings. The maximum absolute atomic E-state index is 4.59. The molecule has 0 aliphatic carbocycles. The molecule has 0 spiro atoms. The van der Waals surface area contributed by atoms with Gasteiger partial charge in [0.2, 0.25) is 0 Å². The number of hydrogen-bond acceptors (Lipinski definition) is 6. The van der Waals surface area contributed by atoms with Gasteiger partial charge in [-0.2, -0.15) is 0 Å². The molecule has 2 aromatic heterocycles. The van der Waals surface area contributed by atoms with Crippen molar-refractivity contribution in [3.8, 4) is 0 Å². The number of para-hydroxylation sites is 2. The van der Waals surface area contributed by atoms with E-state index in [1.54, 1.807) is 34.9 Å². The van der Waals surface area contributed by atoms with Crippen molar-refractivity contribution in [2.24, 2.45) is 0 Å². The van der Waals surface area contributed by atoms with Crippen LogP contribution in [0.1, 0.15) is 11.4 Å². The lowest BCUT2D eigenvalue weighted by atomic mass is 10.2. The Kier molecular flexibility index (Phi) is 4.82. The number of H-pyrrole nitrogens is 1. The minimum Gasteiger partial charge on any atom is -0.341 e. The number of rotatable bonds is 6. The maximum Gasteiger partial charge on any atom is 0.175 e. The molecule has 0 fully saturated rings. The Hall–Kier alpha value is -1.83. The van der Waals surface area contributed by atoms with Crippen molar-refractivity contribution in [3.63, 3.8) is 0 Å². The highest BCUT2D eigenvalue weighted by Gasteiger charge is 2.08. The molecule has 0 saturated carbocycles. The first kappa shape index (κ1) is 15.7. The van der Waals surface area contributed by atoms with Gasteiger partial charge in [0.25, 0.3) is 0 Å². The van der Waals surface area contributed by atoms with E-state index in [0.717, 1.165) is 37.0 Å². The fraction of sp³-hybridized carbons (Fsp3) is 0.118. The molecule has 24 heavy (non-hydrogen) atoms. The quantitative estimate of drug-likeness (QED) is 0.484. The smallest absolute Gasteiger partial charge is 0.175 e. The third-order valence-corrected chi connectivity index (χ3v) is 6.64. The van der Waals surface area contributed by atoms with E-state index < -0.39 is 0 Å². The van der Waals surface area contributed by atoms with Gasteiger partial charge in [0, 0.05) is 5.75 Å². The molecule has 7 heteroatoms. The van der Waals surface area contributed by atoms with Gasteiger partial charge in [0.05, 0.1) is 16.8 Å². The summed E-state index contributed by atoms with van der Waals surface area (Å²) in [4.78, 5) is 7.92. The Bertz CT molecular complexity index is 900. The van der Waals surface area contributed by atoms with Crippen molar-refractivity contribution in [1.29, 1.82) is 0 Å². The Morgan fingerprint density at radius 3 is 2.33 bits per heavy atom. The molecule has 0 aliphatic rings. The van der Waals surface area contributed by atoms with Gasteiger partial charge in [0.15, 0.2) is 8.68 Å². The first-order valence-electron chi connectivity index (χ1n) is 7.43. The molecule has 4 rings (SSSR count). The average molecular weight is 371 g/mol. The summed E-state index contributed by atoms with van der Waals surface area (Å²) in [6.07, 6.45) is 0. The van der Waals surface area contributed by atoms with Crippen LogP contribution < -0.4 is 0 Å². The second-order valence-electron chi connectivity index (χ2n) is 5.10. The zero-order valence-corrected chi connectivity index (χ0v) is 15.1. The van der Waals surface area contributed by atoms with Crippen molar-refractivity contribution in [2.45, 2.75) is 20.2 Å². The fourth-order valence-electron chi connectivity index (χ4n) is 2.24. The lowest BCUT2D eigenvalue weighted by molar-refractivity contribution is 0.953. The summed E-state index contributed by atoms with van der Waals surface area (Å²) < 4.78 is 1.98. The molecule has 0 unspecified atom stereocenters. The van der Waals surface area contributed by atoms with Crippen molar-refractivity contribution in [1.82, 2.24) is 20.2 Å². The summed E-state index contributed by atoms with van der Waals surface area (Å²) in [6.45, 7) is 0. The van der Waals surface area contributed by atoms with Gasteiger partial charge < -0.3 is 4.98 Å². The molecule has 0 saturated heterocycles. The zero-order chi connectivity index (χ0) is 16.2. The van der Waals surface area contributed by atoms with Crippen molar-refractivity contribution in [2.75, 3.05) is 0 Å². The Balaban J connectivity index is 1.35. The number of nitrogens with one attached hydrogen (secondary N) is 1. The number of fused-ring (bicyclic) bond motifs is 1. The summed E-state index contributed by atoms with van der Waals surface area (Å²) >= 11 is 5.04. The van der Waals surface area contributed by atoms with Crippen LogP contribution in [0.5, 0.6) is 0 Å². The normalized spacial score (nSPS) is 11.2. The molecular formula is C17H14N4S3. The summed E-state index contributed by atoms with van der Waals surface area (Å²) in [5.74, 6) is 2.66. The highest BCUT2D eigenvalue weighted by atomic mass is 32.2. The predicted octanol–water partition coefficient (Wildman–Crippen LogP) is 5.00. The van der Waals surface area contributed by atoms with Crippen LogP contribution in [0.3, 0.4) is 0 Å². The van der Waals surface area contributed by atoms with Gasteiger partial charge in [0.1, 0.15) is 5.82 Å². The highest BCUT2D eigenvalue weighted by molar-refractivity contribution is 8.02. The number of aromatic nitrogens is 4. The van der Waals surface area contributed by atoms with E-state index in [1.807, 2.05) is 30.3 Å². The number of imidazole rings is 1. The molecular weight excluding hydrogens is 356 g/mol. The number of hydrogen-bond donors (Lipinski definition) is 1. The van der Waals surface area contributed by atoms with Gasteiger partial charge >= 0.3 is 0 Å². The first-order chi connectivity index (χ1) is 11.9.